The number of rotatable bonds is 3. The van der Waals surface area contributed by atoms with E-state index < -0.39 is 17.6 Å². The summed E-state index contributed by atoms with van der Waals surface area (Å²) in [6.45, 7) is -0.317. The van der Waals surface area contributed by atoms with Gasteiger partial charge < -0.3 is 9.84 Å². The van der Waals surface area contributed by atoms with Crippen LogP contribution in [-0.2, 0) is 12.8 Å². The van der Waals surface area contributed by atoms with Crippen molar-refractivity contribution in [3.8, 4) is 11.6 Å². The van der Waals surface area contributed by atoms with E-state index in [1.807, 2.05) is 0 Å². The highest BCUT2D eigenvalue weighted by Crippen LogP contribution is 2.34. The maximum absolute atomic E-state index is 13.1. The molecule has 1 aromatic heterocycles. The summed E-state index contributed by atoms with van der Waals surface area (Å²) < 4.78 is 55.7. The van der Waals surface area contributed by atoms with Crippen molar-refractivity contribution >= 4 is 0 Å². The summed E-state index contributed by atoms with van der Waals surface area (Å²) in [7, 11) is 0. The Hall–Kier alpha value is -2.22. The van der Waals surface area contributed by atoms with Crippen molar-refractivity contribution in [3.63, 3.8) is 0 Å². The third kappa shape index (κ3) is 3.21. The minimum atomic E-state index is -4.81. The molecule has 0 fully saturated rings. The molecule has 0 aliphatic heterocycles. The van der Waals surface area contributed by atoms with Crippen LogP contribution in [0.4, 0.5) is 17.6 Å². The summed E-state index contributed by atoms with van der Waals surface area (Å²) in [6, 6.07) is 2.25. The minimum absolute atomic E-state index is 0.0677. The molecule has 0 aliphatic rings. The number of ether oxygens (including phenoxy) is 1. The molecule has 2 rings (SSSR count). The number of aliphatic hydroxyl groups is 1. The third-order valence-electron chi connectivity index (χ3n) is 2.31. The lowest BCUT2D eigenvalue weighted by Gasteiger charge is -2.10. The highest BCUT2D eigenvalue weighted by molar-refractivity contribution is 5.33. The molecule has 1 heterocycles. The standard InChI is InChI=1S/C12H8F4N2O2/c13-10-2-1-8(3-9(10)12(14,15)16)20-11-5-17-7(6-19)4-18-11/h1-5,19H,6H2. The van der Waals surface area contributed by atoms with Crippen molar-refractivity contribution in [3.05, 3.63) is 47.7 Å². The van der Waals surface area contributed by atoms with E-state index >= 15 is 0 Å². The fourth-order valence-electron chi connectivity index (χ4n) is 1.38. The van der Waals surface area contributed by atoms with Crippen molar-refractivity contribution in [1.29, 1.82) is 0 Å². The number of aromatic nitrogens is 2. The van der Waals surface area contributed by atoms with Crippen LogP contribution in [0.25, 0.3) is 0 Å². The van der Waals surface area contributed by atoms with Gasteiger partial charge in [0.2, 0.25) is 5.88 Å². The second-order valence-corrected chi connectivity index (χ2v) is 3.75. The van der Waals surface area contributed by atoms with Gasteiger partial charge in [0.05, 0.1) is 30.3 Å². The Morgan fingerprint density at radius 1 is 1.15 bits per heavy atom. The molecule has 0 aliphatic carbocycles. The monoisotopic (exact) mass is 288 g/mol. The summed E-state index contributed by atoms with van der Waals surface area (Å²) in [5, 5.41) is 8.76. The first-order valence-electron chi connectivity index (χ1n) is 5.36. The molecule has 2 aromatic rings. The highest BCUT2D eigenvalue weighted by Gasteiger charge is 2.34. The molecule has 0 atom stereocenters. The highest BCUT2D eigenvalue weighted by atomic mass is 19.4. The number of nitrogens with zero attached hydrogens (tertiary/aromatic N) is 2. The molecular weight excluding hydrogens is 280 g/mol. The van der Waals surface area contributed by atoms with E-state index in [4.69, 9.17) is 9.84 Å². The fraction of sp³-hybridized carbons (Fsp3) is 0.167. The van der Waals surface area contributed by atoms with Gasteiger partial charge in [0.15, 0.2) is 0 Å². The maximum atomic E-state index is 13.1. The molecule has 8 heteroatoms. The van der Waals surface area contributed by atoms with Gasteiger partial charge in [0, 0.05) is 0 Å². The third-order valence-corrected chi connectivity index (χ3v) is 2.31. The number of aliphatic hydroxyl groups excluding tert-OH is 1. The first-order valence-corrected chi connectivity index (χ1v) is 5.36. The van der Waals surface area contributed by atoms with Crippen LogP contribution in [0.2, 0.25) is 0 Å². The van der Waals surface area contributed by atoms with E-state index in [-0.39, 0.29) is 23.9 Å². The quantitative estimate of drug-likeness (QED) is 0.882. The minimum Gasteiger partial charge on any atom is -0.437 e. The van der Waals surface area contributed by atoms with Crippen LogP contribution < -0.4 is 4.74 Å². The lowest BCUT2D eigenvalue weighted by molar-refractivity contribution is -0.140. The van der Waals surface area contributed by atoms with Crippen molar-refractivity contribution in [2.75, 3.05) is 0 Å². The Bertz CT molecular complexity index is 599. The predicted molar refractivity (Wildman–Crippen MR) is 59.4 cm³/mol. The van der Waals surface area contributed by atoms with Gasteiger partial charge >= 0.3 is 6.18 Å². The zero-order valence-corrected chi connectivity index (χ0v) is 9.86. The van der Waals surface area contributed by atoms with Crippen molar-refractivity contribution in [1.82, 2.24) is 9.97 Å². The topological polar surface area (TPSA) is 55.2 Å². The summed E-state index contributed by atoms with van der Waals surface area (Å²) >= 11 is 0. The van der Waals surface area contributed by atoms with Gasteiger partial charge in [-0.15, -0.1) is 0 Å². The van der Waals surface area contributed by atoms with Crippen molar-refractivity contribution < 1.29 is 27.4 Å². The molecule has 0 spiro atoms. The molecule has 0 radical (unpaired) electrons. The second-order valence-electron chi connectivity index (χ2n) is 3.75. The van der Waals surface area contributed by atoms with E-state index in [0.29, 0.717) is 12.1 Å². The van der Waals surface area contributed by atoms with Crippen LogP contribution in [0.15, 0.2) is 30.6 Å². The SMILES string of the molecule is OCc1cnc(Oc2ccc(F)c(C(F)(F)F)c2)cn1. The van der Waals surface area contributed by atoms with Crippen molar-refractivity contribution in [2.24, 2.45) is 0 Å². The Kier molecular flexibility index (Phi) is 3.84. The summed E-state index contributed by atoms with van der Waals surface area (Å²) in [5.41, 5.74) is -1.14. The number of alkyl halides is 3. The second kappa shape index (κ2) is 5.41. The van der Waals surface area contributed by atoms with E-state index in [0.717, 1.165) is 12.3 Å². The number of hydrogen-bond donors (Lipinski definition) is 1. The molecule has 0 unspecified atom stereocenters. The van der Waals surface area contributed by atoms with Gasteiger partial charge in [0.1, 0.15) is 11.6 Å². The zero-order valence-electron chi connectivity index (χ0n) is 9.86. The smallest absolute Gasteiger partial charge is 0.419 e. The number of halogens is 4. The predicted octanol–water partition coefficient (Wildman–Crippen LogP) is 2.92. The molecule has 106 valence electrons. The van der Waals surface area contributed by atoms with E-state index in [9.17, 15) is 17.6 Å². The Morgan fingerprint density at radius 3 is 2.45 bits per heavy atom. The first kappa shape index (κ1) is 14.2. The molecule has 0 amide bonds. The van der Waals surface area contributed by atoms with Gasteiger partial charge in [0.25, 0.3) is 0 Å². The first-order chi connectivity index (χ1) is 9.40. The molecule has 4 nitrogen and oxygen atoms in total. The average molecular weight is 288 g/mol. The van der Waals surface area contributed by atoms with E-state index in [1.165, 1.54) is 6.20 Å². The normalized spacial score (nSPS) is 11.4. The van der Waals surface area contributed by atoms with Crippen LogP contribution in [-0.4, -0.2) is 15.1 Å². The molecule has 0 saturated carbocycles. The maximum Gasteiger partial charge on any atom is 0.419 e. The van der Waals surface area contributed by atoms with Crippen LogP contribution >= 0.6 is 0 Å². The van der Waals surface area contributed by atoms with E-state index in [2.05, 4.69) is 9.97 Å². The number of hydrogen-bond acceptors (Lipinski definition) is 4. The molecule has 1 aromatic carbocycles. The lowest BCUT2D eigenvalue weighted by atomic mass is 10.2. The van der Waals surface area contributed by atoms with Gasteiger partial charge in [-0.25, -0.2) is 9.37 Å². The van der Waals surface area contributed by atoms with Gasteiger partial charge in [-0.3, -0.25) is 4.98 Å². The van der Waals surface area contributed by atoms with Crippen LogP contribution in [0.3, 0.4) is 0 Å². The molecular formula is C12H8F4N2O2. The van der Waals surface area contributed by atoms with Gasteiger partial charge in [-0.05, 0) is 18.2 Å². The summed E-state index contributed by atoms with van der Waals surface area (Å²) in [4.78, 5) is 7.49. The molecule has 0 bridgehead atoms. The van der Waals surface area contributed by atoms with Crippen LogP contribution in [0.1, 0.15) is 11.3 Å². The average Bonchev–Trinajstić information content (AvgIpc) is 2.40. The Labute approximate surface area is 110 Å². The van der Waals surface area contributed by atoms with Crippen molar-refractivity contribution in [2.45, 2.75) is 12.8 Å². The summed E-state index contributed by atoms with van der Waals surface area (Å²) in [5.74, 6) is -1.67. The van der Waals surface area contributed by atoms with Crippen LogP contribution in [0, 0.1) is 5.82 Å². The van der Waals surface area contributed by atoms with E-state index in [1.54, 1.807) is 0 Å². The Morgan fingerprint density at radius 2 is 1.90 bits per heavy atom. The molecule has 0 saturated heterocycles. The number of benzene rings is 1. The van der Waals surface area contributed by atoms with Gasteiger partial charge in [-0.2, -0.15) is 13.2 Å². The fourth-order valence-corrected chi connectivity index (χ4v) is 1.38. The summed E-state index contributed by atoms with van der Waals surface area (Å²) in [6.07, 6.45) is -2.46. The molecule has 20 heavy (non-hydrogen) atoms. The lowest BCUT2D eigenvalue weighted by Crippen LogP contribution is -2.08. The zero-order chi connectivity index (χ0) is 14.8. The van der Waals surface area contributed by atoms with Gasteiger partial charge in [-0.1, -0.05) is 0 Å². The van der Waals surface area contributed by atoms with Crippen LogP contribution in [0.5, 0.6) is 11.6 Å². The largest absolute Gasteiger partial charge is 0.437 e. The molecule has 1 N–H and O–H groups in total. The Balaban J connectivity index is 2.25.